The van der Waals surface area contributed by atoms with Gasteiger partial charge in [-0.25, -0.2) is 0 Å². The standard InChI is InChI=1S/C17H15N3O/c21-17(19-16-10-11-18-20-16)12-13-6-8-15(9-7-13)14-4-2-1-3-5-14/h1-11H,12H2,(H2,18,19,20,21). The number of anilines is 1. The summed E-state index contributed by atoms with van der Waals surface area (Å²) in [6.45, 7) is 0. The minimum Gasteiger partial charge on any atom is -0.311 e. The third-order valence-electron chi connectivity index (χ3n) is 3.20. The topological polar surface area (TPSA) is 57.8 Å². The van der Waals surface area contributed by atoms with E-state index >= 15 is 0 Å². The molecule has 0 aliphatic heterocycles. The number of aromatic nitrogens is 2. The zero-order valence-electron chi connectivity index (χ0n) is 11.4. The van der Waals surface area contributed by atoms with Crippen LogP contribution in [-0.4, -0.2) is 16.1 Å². The summed E-state index contributed by atoms with van der Waals surface area (Å²) in [6, 6.07) is 19.9. The number of nitrogens with one attached hydrogen (secondary N) is 2. The lowest BCUT2D eigenvalue weighted by atomic mass is 10.0. The van der Waals surface area contributed by atoms with Gasteiger partial charge in [-0.05, 0) is 16.7 Å². The van der Waals surface area contributed by atoms with Crippen LogP contribution in [-0.2, 0) is 11.2 Å². The Hall–Kier alpha value is -2.88. The fraction of sp³-hybridized carbons (Fsp3) is 0.0588. The highest BCUT2D eigenvalue weighted by atomic mass is 16.1. The van der Waals surface area contributed by atoms with Gasteiger partial charge in [0.15, 0.2) is 0 Å². The van der Waals surface area contributed by atoms with Crippen LogP contribution in [0, 0.1) is 0 Å². The van der Waals surface area contributed by atoms with Crippen molar-refractivity contribution in [3.63, 3.8) is 0 Å². The third-order valence-corrected chi connectivity index (χ3v) is 3.20. The summed E-state index contributed by atoms with van der Waals surface area (Å²) in [6.07, 6.45) is 1.94. The minimum atomic E-state index is -0.0632. The molecular weight excluding hydrogens is 262 g/mol. The zero-order chi connectivity index (χ0) is 14.5. The van der Waals surface area contributed by atoms with Crippen LogP contribution in [0.4, 0.5) is 5.82 Å². The SMILES string of the molecule is O=C(Cc1ccc(-c2ccccc2)cc1)Nc1ccn[nH]1. The number of H-pyrrole nitrogens is 1. The summed E-state index contributed by atoms with van der Waals surface area (Å²) >= 11 is 0. The van der Waals surface area contributed by atoms with E-state index in [1.165, 1.54) is 5.56 Å². The first-order valence-corrected chi connectivity index (χ1v) is 6.75. The Balaban J connectivity index is 1.66. The number of carbonyl (C=O) groups is 1. The van der Waals surface area contributed by atoms with E-state index in [4.69, 9.17) is 0 Å². The Kier molecular flexibility index (Phi) is 3.78. The highest BCUT2D eigenvalue weighted by Crippen LogP contribution is 2.19. The Labute approximate surface area is 122 Å². The number of nitrogens with zero attached hydrogens (tertiary/aromatic N) is 1. The molecule has 0 saturated heterocycles. The van der Waals surface area contributed by atoms with Crippen molar-refractivity contribution in [1.29, 1.82) is 0 Å². The van der Waals surface area contributed by atoms with Crippen molar-refractivity contribution >= 4 is 11.7 Å². The Bertz CT molecular complexity index is 704. The Morgan fingerprint density at radius 1 is 0.952 bits per heavy atom. The summed E-state index contributed by atoms with van der Waals surface area (Å²) in [5.74, 6) is 0.549. The van der Waals surface area contributed by atoms with Crippen LogP contribution in [0.2, 0.25) is 0 Å². The second-order valence-electron chi connectivity index (χ2n) is 4.76. The lowest BCUT2D eigenvalue weighted by Gasteiger charge is -2.05. The molecule has 0 fully saturated rings. The van der Waals surface area contributed by atoms with Gasteiger partial charge in [0.25, 0.3) is 0 Å². The lowest BCUT2D eigenvalue weighted by Crippen LogP contribution is -2.14. The van der Waals surface area contributed by atoms with Crippen LogP contribution in [0.3, 0.4) is 0 Å². The van der Waals surface area contributed by atoms with Crippen LogP contribution < -0.4 is 5.32 Å². The minimum absolute atomic E-state index is 0.0632. The first-order valence-electron chi connectivity index (χ1n) is 6.75. The van der Waals surface area contributed by atoms with Crippen molar-refractivity contribution in [1.82, 2.24) is 10.2 Å². The predicted molar refractivity (Wildman–Crippen MR) is 82.8 cm³/mol. The smallest absolute Gasteiger partial charge is 0.229 e. The molecule has 4 nitrogen and oxygen atoms in total. The van der Waals surface area contributed by atoms with Gasteiger partial charge in [0, 0.05) is 6.07 Å². The molecule has 0 spiro atoms. The molecule has 21 heavy (non-hydrogen) atoms. The molecule has 0 unspecified atom stereocenters. The first kappa shape index (κ1) is 13.1. The molecule has 3 rings (SSSR count). The van der Waals surface area contributed by atoms with Gasteiger partial charge in [-0.15, -0.1) is 0 Å². The summed E-state index contributed by atoms with van der Waals surface area (Å²) < 4.78 is 0. The molecule has 3 aromatic rings. The van der Waals surface area contributed by atoms with Crippen LogP contribution in [0.25, 0.3) is 11.1 Å². The maximum absolute atomic E-state index is 11.9. The molecule has 0 radical (unpaired) electrons. The zero-order valence-corrected chi connectivity index (χ0v) is 11.4. The largest absolute Gasteiger partial charge is 0.311 e. The Morgan fingerprint density at radius 2 is 1.67 bits per heavy atom. The van der Waals surface area contributed by atoms with Crippen molar-refractivity contribution in [2.75, 3.05) is 5.32 Å². The number of benzene rings is 2. The molecule has 0 atom stereocenters. The van der Waals surface area contributed by atoms with Crippen LogP contribution in [0.15, 0.2) is 66.9 Å². The van der Waals surface area contributed by atoms with Gasteiger partial charge < -0.3 is 5.32 Å². The van der Waals surface area contributed by atoms with Gasteiger partial charge in [-0.2, -0.15) is 5.10 Å². The van der Waals surface area contributed by atoms with Gasteiger partial charge in [0.1, 0.15) is 5.82 Å². The molecular formula is C17H15N3O. The maximum Gasteiger partial charge on any atom is 0.229 e. The molecule has 1 amide bonds. The van der Waals surface area contributed by atoms with E-state index in [1.54, 1.807) is 12.3 Å². The summed E-state index contributed by atoms with van der Waals surface area (Å²) in [7, 11) is 0. The number of amides is 1. The molecule has 0 bridgehead atoms. The molecule has 104 valence electrons. The quantitative estimate of drug-likeness (QED) is 0.769. The Morgan fingerprint density at radius 3 is 2.33 bits per heavy atom. The van der Waals surface area contributed by atoms with Crippen molar-refractivity contribution < 1.29 is 4.79 Å². The van der Waals surface area contributed by atoms with E-state index in [2.05, 4.69) is 27.6 Å². The highest BCUT2D eigenvalue weighted by molar-refractivity contribution is 5.91. The van der Waals surface area contributed by atoms with Crippen molar-refractivity contribution in [2.24, 2.45) is 0 Å². The summed E-state index contributed by atoms with van der Waals surface area (Å²) in [5, 5.41) is 9.25. The fourth-order valence-corrected chi connectivity index (χ4v) is 2.15. The van der Waals surface area contributed by atoms with E-state index in [0.717, 1.165) is 11.1 Å². The monoisotopic (exact) mass is 277 g/mol. The van der Waals surface area contributed by atoms with E-state index < -0.39 is 0 Å². The van der Waals surface area contributed by atoms with Crippen molar-refractivity contribution in [3.8, 4) is 11.1 Å². The molecule has 2 aromatic carbocycles. The second-order valence-corrected chi connectivity index (χ2v) is 4.76. The van der Waals surface area contributed by atoms with Crippen molar-refractivity contribution in [3.05, 3.63) is 72.4 Å². The number of hydrogen-bond acceptors (Lipinski definition) is 2. The van der Waals surface area contributed by atoms with Gasteiger partial charge in [-0.3, -0.25) is 9.89 Å². The molecule has 0 aliphatic rings. The third kappa shape index (κ3) is 3.36. The van der Waals surface area contributed by atoms with Crippen LogP contribution in [0.1, 0.15) is 5.56 Å². The fourth-order valence-electron chi connectivity index (χ4n) is 2.15. The predicted octanol–water partition coefficient (Wildman–Crippen LogP) is 3.26. The van der Waals surface area contributed by atoms with Gasteiger partial charge in [0.2, 0.25) is 5.91 Å². The van der Waals surface area contributed by atoms with E-state index in [1.807, 2.05) is 42.5 Å². The number of rotatable bonds is 4. The molecule has 1 heterocycles. The van der Waals surface area contributed by atoms with E-state index in [-0.39, 0.29) is 5.91 Å². The van der Waals surface area contributed by atoms with Crippen LogP contribution in [0.5, 0.6) is 0 Å². The maximum atomic E-state index is 11.9. The number of hydrogen-bond donors (Lipinski definition) is 2. The first-order chi connectivity index (χ1) is 10.3. The summed E-state index contributed by atoms with van der Waals surface area (Å²) in [5.41, 5.74) is 3.30. The molecule has 4 heteroatoms. The summed E-state index contributed by atoms with van der Waals surface area (Å²) in [4.78, 5) is 11.9. The average Bonchev–Trinajstić information content (AvgIpc) is 3.02. The van der Waals surface area contributed by atoms with E-state index in [0.29, 0.717) is 12.2 Å². The average molecular weight is 277 g/mol. The van der Waals surface area contributed by atoms with Gasteiger partial charge in [-0.1, -0.05) is 54.6 Å². The van der Waals surface area contributed by atoms with E-state index in [9.17, 15) is 4.79 Å². The second kappa shape index (κ2) is 6.05. The molecule has 2 N–H and O–H groups in total. The van der Waals surface area contributed by atoms with Gasteiger partial charge in [0.05, 0.1) is 12.6 Å². The van der Waals surface area contributed by atoms with Crippen molar-refractivity contribution in [2.45, 2.75) is 6.42 Å². The molecule has 1 aromatic heterocycles. The molecule has 0 aliphatic carbocycles. The van der Waals surface area contributed by atoms with Crippen LogP contribution >= 0.6 is 0 Å². The number of carbonyl (C=O) groups excluding carboxylic acids is 1. The number of aromatic amines is 1. The lowest BCUT2D eigenvalue weighted by molar-refractivity contribution is -0.115. The van der Waals surface area contributed by atoms with Gasteiger partial charge >= 0.3 is 0 Å². The molecule has 0 saturated carbocycles. The highest BCUT2D eigenvalue weighted by Gasteiger charge is 2.05. The normalized spacial score (nSPS) is 10.3.